The van der Waals surface area contributed by atoms with Gasteiger partial charge in [0.2, 0.25) is 0 Å². The van der Waals surface area contributed by atoms with E-state index in [1.807, 2.05) is 12.1 Å². The maximum Gasteiger partial charge on any atom is 0.573 e. The third-order valence-corrected chi connectivity index (χ3v) is 4.18. The van der Waals surface area contributed by atoms with Crippen LogP contribution in [0.4, 0.5) is 13.2 Å². The monoisotopic (exact) mass is 424 g/mol. The number of halogens is 5. The summed E-state index contributed by atoms with van der Waals surface area (Å²) in [5.74, 6) is -0.0887. The normalized spacial score (nSPS) is 16.0. The molecule has 1 fully saturated rings. The third-order valence-electron chi connectivity index (χ3n) is 4.18. The van der Waals surface area contributed by atoms with Crippen LogP contribution in [0.5, 0.6) is 11.5 Å². The smallest absolute Gasteiger partial charge is 0.508 e. The second-order valence-electron chi connectivity index (χ2n) is 5.86. The molecule has 0 saturated carbocycles. The fourth-order valence-corrected chi connectivity index (χ4v) is 3.10. The number of hydrogen-bond acceptors (Lipinski definition) is 4. The molecular formula is C18H21Cl2F3N2O2. The van der Waals surface area contributed by atoms with Gasteiger partial charge >= 0.3 is 6.36 Å². The summed E-state index contributed by atoms with van der Waals surface area (Å²) in [6, 6.07) is 12.6. The fourth-order valence-electron chi connectivity index (χ4n) is 3.10. The van der Waals surface area contributed by atoms with E-state index in [9.17, 15) is 18.3 Å². The largest absolute Gasteiger partial charge is 0.573 e. The van der Waals surface area contributed by atoms with E-state index in [4.69, 9.17) is 0 Å². The zero-order valence-electron chi connectivity index (χ0n) is 14.3. The molecule has 0 aliphatic carbocycles. The van der Waals surface area contributed by atoms with Crippen molar-refractivity contribution in [2.24, 2.45) is 0 Å². The second kappa shape index (κ2) is 10.0. The van der Waals surface area contributed by atoms with Gasteiger partial charge in [0.15, 0.2) is 0 Å². The Morgan fingerprint density at radius 1 is 0.963 bits per heavy atom. The van der Waals surface area contributed by atoms with Gasteiger partial charge < -0.3 is 15.2 Å². The van der Waals surface area contributed by atoms with E-state index < -0.39 is 6.36 Å². The number of nitrogens with zero attached hydrogens (tertiary/aromatic N) is 1. The highest BCUT2D eigenvalue weighted by molar-refractivity contribution is 5.85. The van der Waals surface area contributed by atoms with Crippen molar-refractivity contribution in [3.05, 3.63) is 59.7 Å². The van der Waals surface area contributed by atoms with Crippen molar-refractivity contribution in [1.82, 2.24) is 10.2 Å². The topological polar surface area (TPSA) is 44.7 Å². The van der Waals surface area contributed by atoms with E-state index in [1.165, 1.54) is 12.1 Å². The number of para-hydroxylation sites is 1. The SMILES string of the molecule is Cl.Cl.Oc1ccccc1[C@@H](c1ccc(OC(F)(F)F)cc1)N1CCNCC1. The Kier molecular flexibility index (Phi) is 8.68. The van der Waals surface area contributed by atoms with Crippen molar-refractivity contribution in [3.8, 4) is 11.5 Å². The quantitative estimate of drug-likeness (QED) is 0.774. The molecule has 1 aliphatic heterocycles. The number of piperazine rings is 1. The minimum atomic E-state index is -4.71. The van der Waals surface area contributed by atoms with Gasteiger partial charge in [-0.2, -0.15) is 0 Å². The molecule has 1 heterocycles. The van der Waals surface area contributed by atoms with Crippen LogP contribution in [0.3, 0.4) is 0 Å². The lowest BCUT2D eigenvalue weighted by Gasteiger charge is -2.35. The molecule has 0 amide bonds. The summed E-state index contributed by atoms with van der Waals surface area (Å²) >= 11 is 0. The number of phenolic OH excluding ortho intramolecular Hbond substituents is 1. The molecule has 3 rings (SSSR count). The lowest BCUT2D eigenvalue weighted by atomic mass is 9.95. The van der Waals surface area contributed by atoms with Crippen LogP contribution >= 0.6 is 24.8 Å². The van der Waals surface area contributed by atoms with Crippen LogP contribution in [-0.2, 0) is 0 Å². The second-order valence-corrected chi connectivity index (χ2v) is 5.86. The standard InChI is InChI=1S/C18H19F3N2O2.2ClH/c19-18(20,21)25-14-7-5-13(6-8-14)17(23-11-9-22-10-12-23)15-3-1-2-4-16(15)24;;/h1-8,17,22,24H,9-12H2;2*1H/t17-;;/m1../s1. The van der Waals surface area contributed by atoms with E-state index in [0.29, 0.717) is 0 Å². The van der Waals surface area contributed by atoms with Crippen LogP contribution in [0.1, 0.15) is 17.2 Å². The number of aromatic hydroxyl groups is 1. The Morgan fingerprint density at radius 2 is 1.56 bits per heavy atom. The maximum absolute atomic E-state index is 12.3. The first-order valence-corrected chi connectivity index (χ1v) is 8.02. The first-order chi connectivity index (χ1) is 11.9. The molecule has 150 valence electrons. The molecule has 2 aromatic rings. The molecule has 1 saturated heterocycles. The Labute approximate surface area is 168 Å². The number of benzene rings is 2. The van der Waals surface area contributed by atoms with Crippen LogP contribution in [-0.4, -0.2) is 42.5 Å². The summed E-state index contributed by atoms with van der Waals surface area (Å²) in [5, 5.41) is 13.5. The molecular weight excluding hydrogens is 404 g/mol. The van der Waals surface area contributed by atoms with Crippen LogP contribution in [0.15, 0.2) is 48.5 Å². The lowest BCUT2D eigenvalue weighted by Crippen LogP contribution is -2.45. The van der Waals surface area contributed by atoms with Crippen LogP contribution < -0.4 is 10.1 Å². The van der Waals surface area contributed by atoms with Gasteiger partial charge in [0.25, 0.3) is 0 Å². The minimum absolute atomic E-state index is 0. The molecule has 0 spiro atoms. The molecule has 2 aromatic carbocycles. The van der Waals surface area contributed by atoms with Gasteiger partial charge in [-0.3, -0.25) is 4.90 Å². The molecule has 0 bridgehead atoms. The zero-order chi connectivity index (χ0) is 17.9. The lowest BCUT2D eigenvalue weighted by molar-refractivity contribution is -0.274. The highest BCUT2D eigenvalue weighted by Gasteiger charge is 2.31. The van der Waals surface area contributed by atoms with Crippen molar-refractivity contribution in [3.63, 3.8) is 0 Å². The summed E-state index contributed by atoms with van der Waals surface area (Å²) < 4.78 is 41.0. The van der Waals surface area contributed by atoms with Gasteiger partial charge in [-0.1, -0.05) is 30.3 Å². The number of ether oxygens (including phenoxy) is 1. The fraction of sp³-hybridized carbons (Fsp3) is 0.333. The number of phenols is 1. The van der Waals surface area contributed by atoms with Crippen LogP contribution in [0, 0.1) is 0 Å². The van der Waals surface area contributed by atoms with E-state index in [1.54, 1.807) is 24.3 Å². The minimum Gasteiger partial charge on any atom is -0.508 e. The first kappa shape index (κ1) is 23.4. The van der Waals surface area contributed by atoms with Gasteiger partial charge in [0, 0.05) is 31.7 Å². The molecule has 0 aromatic heterocycles. The van der Waals surface area contributed by atoms with Crippen molar-refractivity contribution in [1.29, 1.82) is 0 Å². The summed E-state index contributed by atoms with van der Waals surface area (Å²) in [4.78, 5) is 2.20. The average molecular weight is 425 g/mol. The van der Waals surface area contributed by atoms with Gasteiger partial charge in [-0.25, -0.2) is 0 Å². The molecule has 27 heavy (non-hydrogen) atoms. The highest BCUT2D eigenvalue weighted by atomic mass is 35.5. The van der Waals surface area contributed by atoms with Crippen molar-refractivity contribution < 1.29 is 23.0 Å². The van der Waals surface area contributed by atoms with Crippen molar-refractivity contribution >= 4 is 24.8 Å². The molecule has 0 radical (unpaired) electrons. The molecule has 4 nitrogen and oxygen atoms in total. The Bertz CT molecular complexity index is 708. The molecule has 2 N–H and O–H groups in total. The first-order valence-electron chi connectivity index (χ1n) is 8.02. The average Bonchev–Trinajstić information content (AvgIpc) is 2.58. The van der Waals surface area contributed by atoms with E-state index in [-0.39, 0.29) is 42.4 Å². The van der Waals surface area contributed by atoms with Crippen LogP contribution in [0.25, 0.3) is 0 Å². The van der Waals surface area contributed by atoms with E-state index >= 15 is 0 Å². The molecule has 1 aliphatic rings. The Balaban J connectivity index is 0.00000182. The number of rotatable bonds is 4. The maximum atomic E-state index is 12.3. The Morgan fingerprint density at radius 3 is 2.11 bits per heavy atom. The van der Waals surface area contributed by atoms with E-state index in [2.05, 4.69) is 15.0 Å². The van der Waals surface area contributed by atoms with Crippen molar-refractivity contribution in [2.45, 2.75) is 12.4 Å². The summed E-state index contributed by atoms with van der Waals surface area (Å²) in [6.45, 7) is 3.19. The number of nitrogens with one attached hydrogen (secondary N) is 1. The number of hydrogen-bond donors (Lipinski definition) is 2. The van der Waals surface area contributed by atoms with E-state index in [0.717, 1.165) is 37.3 Å². The van der Waals surface area contributed by atoms with Gasteiger partial charge in [0.05, 0.1) is 6.04 Å². The highest BCUT2D eigenvalue weighted by Crippen LogP contribution is 2.35. The summed E-state index contributed by atoms with van der Waals surface area (Å²) in [7, 11) is 0. The molecule has 0 unspecified atom stereocenters. The van der Waals surface area contributed by atoms with Crippen molar-refractivity contribution in [2.75, 3.05) is 26.2 Å². The van der Waals surface area contributed by atoms with Gasteiger partial charge in [-0.05, 0) is 23.8 Å². The Hall–Kier alpha value is -1.67. The predicted molar refractivity (Wildman–Crippen MR) is 102 cm³/mol. The molecule has 9 heteroatoms. The number of alkyl halides is 3. The summed E-state index contributed by atoms with van der Waals surface area (Å²) in [6.07, 6.45) is -4.71. The third kappa shape index (κ3) is 6.17. The zero-order valence-corrected chi connectivity index (χ0v) is 15.9. The van der Waals surface area contributed by atoms with Crippen LogP contribution in [0.2, 0.25) is 0 Å². The predicted octanol–water partition coefficient (Wildman–Crippen LogP) is 4.13. The van der Waals surface area contributed by atoms with Gasteiger partial charge in [-0.15, -0.1) is 38.0 Å². The molecule has 1 atom stereocenters. The summed E-state index contributed by atoms with van der Waals surface area (Å²) in [5.41, 5.74) is 1.53. The van der Waals surface area contributed by atoms with Gasteiger partial charge in [0.1, 0.15) is 11.5 Å².